The number of aromatic nitrogens is 2. The highest BCUT2D eigenvalue weighted by atomic mass is 35.5. The quantitative estimate of drug-likeness (QED) is 0.795. The lowest BCUT2D eigenvalue weighted by Crippen LogP contribution is -2.29. The summed E-state index contributed by atoms with van der Waals surface area (Å²) in [4.78, 5) is 0. The molecule has 16 heavy (non-hydrogen) atoms. The molecule has 1 fully saturated rings. The molecule has 3 unspecified atom stereocenters. The second-order valence-electron chi connectivity index (χ2n) is 4.70. The van der Waals surface area contributed by atoms with Crippen molar-refractivity contribution >= 4 is 11.6 Å². The monoisotopic (exact) mass is 240 g/mol. The van der Waals surface area contributed by atoms with Crippen molar-refractivity contribution in [3.05, 3.63) is 17.3 Å². The highest BCUT2D eigenvalue weighted by molar-refractivity contribution is 6.29. The molecule has 1 aliphatic rings. The van der Waals surface area contributed by atoms with Gasteiger partial charge in [-0.15, -0.1) is 10.2 Å². The SMILES string of the molecule is CC1CCC(Oc2ccc(Cl)nn2)CC1C. The van der Waals surface area contributed by atoms with Gasteiger partial charge < -0.3 is 4.74 Å². The molecule has 88 valence electrons. The first-order chi connectivity index (χ1) is 7.65. The molecule has 4 heteroatoms. The van der Waals surface area contributed by atoms with E-state index in [4.69, 9.17) is 16.3 Å². The zero-order chi connectivity index (χ0) is 11.5. The fraction of sp³-hybridized carbons (Fsp3) is 0.667. The number of rotatable bonds is 2. The van der Waals surface area contributed by atoms with Gasteiger partial charge in [-0.1, -0.05) is 25.4 Å². The minimum Gasteiger partial charge on any atom is -0.473 e. The molecule has 0 amide bonds. The summed E-state index contributed by atoms with van der Waals surface area (Å²) in [6.45, 7) is 4.59. The van der Waals surface area contributed by atoms with Gasteiger partial charge in [-0.3, -0.25) is 0 Å². The lowest BCUT2D eigenvalue weighted by molar-refractivity contribution is 0.0955. The molecule has 0 radical (unpaired) electrons. The topological polar surface area (TPSA) is 35.0 Å². The molecule has 0 N–H and O–H groups in total. The standard InChI is InChI=1S/C12H17ClN2O/c1-8-3-4-10(7-9(8)2)16-12-6-5-11(13)14-15-12/h5-6,8-10H,3-4,7H2,1-2H3. The smallest absolute Gasteiger partial charge is 0.233 e. The Morgan fingerprint density at radius 3 is 2.62 bits per heavy atom. The fourth-order valence-electron chi connectivity index (χ4n) is 2.14. The van der Waals surface area contributed by atoms with Gasteiger partial charge in [0.2, 0.25) is 5.88 Å². The Balaban J connectivity index is 1.93. The minimum atomic E-state index is 0.279. The molecule has 1 aromatic heterocycles. The van der Waals surface area contributed by atoms with Gasteiger partial charge in [-0.2, -0.15) is 0 Å². The van der Waals surface area contributed by atoms with E-state index in [9.17, 15) is 0 Å². The van der Waals surface area contributed by atoms with Crippen molar-refractivity contribution in [1.29, 1.82) is 0 Å². The molecule has 1 saturated carbocycles. The Morgan fingerprint density at radius 2 is 2.00 bits per heavy atom. The van der Waals surface area contributed by atoms with Gasteiger partial charge in [0.15, 0.2) is 5.15 Å². The molecule has 0 saturated heterocycles. The highest BCUT2D eigenvalue weighted by Crippen LogP contribution is 2.31. The van der Waals surface area contributed by atoms with E-state index in [-0.39, 0.29) is 6.10 Å². The van der Waals surface area contributed by atoms with Gasteiger partial charge in [0.25, 0.3) is 0 Å². The van der Waals surface area contributed by atoms with Crippen molar-refractivity contribution in [2.45, 2.75) is 39.2 Å². The molecule has 3 atom stereocenters. The van der Waals surface area contributed by atoms with E-state index in [1.54, 1.807) is 12.1 Å². The van der Waals surface area contributed by atoms with Crippen LogP contribution < -0.4 is 4.74 Å². The molecule has 1 heterocycles. The molecule has 0 bridgehead atoms. The van der Waals surface area contributed by atoms with Crippen LogP contribution in [-0.2, 0) is 0 Å². The number of halogens is 1. The van der Waals surface area contributed by atoms with Gasteiger partial charge >= 0.3 is 0 Å². The first kappa shape index (κ1) is 11.6. The summed E-state index contributed by atoms with van der Waals surface area (Å²) in [5, 5.41) is 8.08. The van der Waals surface area contributed by atoms with Crippen LogP contribution in [0, 0.1) is 11.8 Å². The molecule has 0 aromatic carbocycles. The van der Waals surface area contributed by atoms with Crippen LogP contribution in [0.4, 0.5) is 0 Å². The lowest BCUT2D eigenvalue weighted by atomic mass is 9.80. The molecule has 2 rings (SSSR count). The summed E-state index contributed by atoms with van der Waals surface area (Å²) >= 11 is 5.67. The molecule has 0 aliphatic heterocycles. The van der Waals surface area contributed by atoms with Crippen LogP contribution >= 0.6 is 11.6 Å². The Labute approximate surface area is 101 Å². The predicted octanol–water partition coefficient (Wildman–Crippen LogP) is 3.33. The molecule has 1 aliphatic carbocycles. The van der Waals surface area contributed by atoms with E-state index in [0.717, 1.165) is 24.7 Å². The zero-order valence-corrected chi connectivity index (χ0v) is 10.4. The van der Waals surface area contributed by atoms with E-state index < -0.39 is 0 Å². The third kappa shape index (κ3) is 2.85. The van der Waals surface area contributed by atoms with Crippen molar-refractivity contribution in [2.75, 3.05) is 0 Å². The number of nitrogens with zero attached hydrogens (tertiary/aromatic N) is 2. The maximum Gasteiger partial charge on any atom is 0.233 e. The van der Waals surface area contributed by atoms with Crippen LogP contribution in [0.15, 0.2) is 12.1 Å². The van der Waals surface area contributed by atoms with Gasteiger partial charge in [-0.05, 0) is 37.2 Å². The summed E-state index contributed by atoms with van der Waals surface area (Å²) in [7, 11) is 0. The fourth-order valence-corrected chi connectivity index (χ4v) is 2.24. The first-order valence-corrected chi connectivity index (χ1v) is 6.19. The highest BCUT2D eigenvalue weighted by Gasteiger charge is 2.25. The summed E-state index contributed by atoms with van der Waals surface area (Å²) in [6, 6.07) is 3.48. The maximum atomic E-state index is 5.80. The van der Waals surface area contributed by atoms with Crippen molar-refractivity contribution in [3.63, 3.8) is 0 Å². The largest absolute Gasteiger partial charge is 0.473 e. The first-order valence-electron chi connectivity index (χ1n) is 5.81. The Hall–Kier alpha value is -0.830. The van der Waals surface area contributed by atoms with Crippen LogP contribution in [-0.4, -0.2) is 16.3 Å². The van der Waals surface area contributed by atoms with Crippen LogP contribution in [0.3, 0.4) is 0 Å². The van der Waals surface area contributed by atoms with E-state index in [1.165, 1.54) is 6.42 Å². The number of hydrogen-bond donors (Lipinski definition) is 0. The van der Waals surface area contributed by atoms with Crippen LogP contribution in [0.1, 0.15) is 33.1 Å². The van der Waals surface area contributed by atoms with Crippen LogP contribution in [0.25, 0.3) is 0 Å². The normalized spacial score (nSPS) is 30.1. The Kier molecular flexibility index (Phi) is 3.64. The summed E-state index contributed by atoms with van der Waals surface area (Å²) < 4.78 is 5.80. The van der Waals surface area contributed by atoms with Crippen LogP contribution in [0.2, 0.25) is 5.15 Å². The summed E-state index contributed by atoms with van der Waals surface area (Å²) in [5.74, 6) is 2.10. The van der Waals surface area contributed by atoms with E-state index in [2.05, 4.69) is 24.0 Å². The van der Waals surface area contributed by atoms with Gasteiger partial charge in [0, 0.05) is 6.07 Å². The van der Waals surface area contributed by atoms with Crippen molar-refractivity contribution in [1.82, 2.24) is 10.2 Å². The average molecular weight is 241 g/mol. The minimum absolute atomic E-state index is 0.279. The second-order valence-corrected chi connectivity index (χ2v) is 5.09. The Bertz CT molecular complexity index is 341. The molecule has 3 nitrogen and oxygen atoms in total. The number of ether oxygens (including phenoxy) is 1. The van der Waals surface area contributed by atoms with Gasteiger partial charge in [0.1, 0.15) is 6.10 Å². The van der Waals surface area contributed by atoms with Crippen LogP contribution in [0.5, 0.6) is 5.88 Å². The predicted molar refractivity (Wildman–Crippen MR) is 63.6 cm³/mol. The average Bonchev–Trinajstić information content (AvgIpc) is 2.27. The summed E-state index contributed by atoms with van der Waals surface area (Å²) in [5.41, 5.74) is 0. The molecular weight excluding hydrogens is 224 g/mol. The van der Waals surface area contributed by atoms with E-state index in [1.807, 2.05) is 0 Å². The molecule has 1 aromatic rings. The second kappa shape index (κ2) is 5.00. The van der Waals surface area contributed by atoms with Gasteiger partial charge in [-0.25, -0.2) is 0 Å². The van der Waals surface area contributed by atoms with Crippen molar-refractivity contribution in [2.24, 2.45) is 11.8 Å². The Morgan fingerprint density at radius 1 is 1.19 bits per heavy atom. The van der Waals surface area contributed by atoms with E-state index >= 15 is 0 Å². The summed E-state index contributed by atoms with van der Waals surface area (Å²) in [6.07, 6.45) is 3.72. The molecular formula is C12H17ClN2O. The van der Waals surface area contributed by atoms with Crippen molar-refractivity contribution < 1.29 is 4.74 Å². The third-order valence-corrected chi connectivity index (χ3v) is 3.65. The lowest BCUT2D eigenvalue weighted by Gasteiger charge is -2.31. The zero-order valence-electron chi connectivity index (χ0n) is 9.69. The van der Waals surface area contributed by atoms with Crippen molar-refractivity contribution in [3.8, 4) is 5.88 Å². The molecule has 0 spiro atoms. The third-order valence-electron chi connectivity index (χ3n) is 3.45. The van der Waals surface area contributed by atoms with E-state index in [0.29, 0.717) is 11.0 Å². The number of hydrogen-bond acceptors (Lipinski definition) is 3. The van der Waals surface area contributed by atoms with Gasteiger partial charge in [0.05, 0.1) is 0 Å². The maximum absolute atomic E-state index is 5.80.